The van der Waals surface area contributed by atoms with E-state index in [1.807, 2.05) is 72.5 Å². The molecular formula is C23H19N3OS. The van der Waals surface area contributed by atoms with Crippen molar-refractivity contribution in [3.8, 4) is 6.07 Å². The van der Waals surface area contributed by atoms with Crippen LogP contribution in [0.25, 0.3) is 10.8 Å². The first kappa shape index (κ1) is 18.1. The van der Waals surface area contributed by atoms with Gasteiger partial charge in [-0.2, -0.15) is 5.26 Å². The van der Waals surface area contributed by atoms with Crippen LogP contribution < -0.4 is 10.2 Å². The number of rotatable bonds is 2. The summed E-state index contributed by atoms with van der Waals surface area (Å²) in [5.41, 5.74) is 4.15. The van der Waals surface area contributed by atoms with Crippen molar-refractivity contribution in [2.45, 2.75) is 20.0 Å². The fourth-order valence-electron chi connectivity index (χ4n) is 3.56. The fourth-order valence-corrected chi connectivity index (χ4v) is 3.94. The summed E-state index contributed by atoms with van der Waals surface area (Å²) in [5, 5.41) is 15.0. The highest BCUT2D eigenvalue weighted by Crippen LogP contribution is 2.38. The number of carbonyl (C=O) groups excluding carboxylic acids is 1. The number of nitrogens with one attached hydrogen (secondary N) is 1. The average Bonchev–Trinajstić information content (AvgIpc) is 2.70. The maximum atomic E-state index is 12.6. The number of aryl methyl sites for hydroxylation is 2. The molecule has 1 aliphatic heterocycles. The lowest BCUT2D eigenvalue weighted by Gasteiger charge is -2.38. The number of hydrogen-bond donors (Lipinski definition) is 2. The van der Waals surface area contributed by atoms with Crippen LogP contribution >= 0.6 is 12.6 Å². The standard InChI is InChI=1S/C23H19N3OS/c1-14-10-11-17(12-15(14)2)26-21(25-22(27)20(13-24)23(26)28)19-9-5-7-16-6-3-4-8-18(16)19/h3-12,21,28H,1-2H3,(H,25,27). The Morgan fingerprint density at radius 1 is 1.04 bits per heavy atom. The van der Waals surface area contributed by atoms with Crippen molar-refractivity contribution in [1.29, 1.82) is 5.26 Å². The molecule has 5 heteroatoms. The third-order valence-electron chi connectivity index (χ3n) is 5.20. The van der Waals surface area contributed by atoms with E-state index in [4.69, 9.17) is 0 Å². The molecule has 1 amide bonds. The van der Waals surface area contributed by atoms with Gasteiger partial charge in [0, 0.05) is 11.3 Å². The summed E-state index contributed by atoms with van der Waals surface area (Å²) in [6.07, 6.45) is -0.467. The summed E-state index contributed by atoms with van der Waals surface area (Å²) in [7, 11) is 0. The van der Waals surface area contributed by atoms with Crippen LogP contribution in [0.5, 0.6) is 0 Å². The van der Waals surface area contributed by atoms with Gasteiger partial charge in [0.25, 0.3) is 5.91 Å². The van der Waals surface area contributed by atoms with Gasteiger partial charge >= 0.3 is 0 Å². The van der Waals surface area contributed by atoms with Gasteiger partial charge in [-0.25, -0.2) is 0 Å². The van der Waals surface area contributed by atoms with Crippen LogP contribution in [-0.4, -0.2) is 5.91 Å². The van der Waals surface area contributed by atoms with Gasteiger partial charge in [-0.05, 0) is 47.9 Å². The first-order valence-corrected chi connectivity index (χ1v) is 9.44. The first-order chi connectivity index (χ1) is 13.5. The second-order valence-electron chi connectivity index (χ2n) is 6.89. The molecule has 4 rings (SSSR count). The van der Waals surface area contributed by atoms with E-state index in [0.717, 1.165) is 27.6 Å². The van der Waals surface area contributed by atoms with Crippen LogP contribution in [0.3, 0.4) is 0 Å². The average molecular weight is 385 g/mol. The molecule has 28 heavy (non-hydrogen) atoms. The highest BCUT2D eigenvalue weighted by molar-refractivity contribution is 7.84. The molecule has 138 valence electrons. The first-order valence-electron chi connectivity index (χ1n) is 8.99. The molecule has 1 atom stereocenters. The van der Waals surface area contributed by atoms with Crippen molar-refractivity contribution >= 4 is 35.0 Å². The van der Waals surface area contributed by atoms with Crippen molar-refractivity contribution in [2.75, 3.05) is 4.90 Å². The summed E-state index contributed by atoms with van der Waals surface area (Å²) in [5.74, 6) is -0.412. The number of carbonyl (C=O) groups is 1. The highest BCUT2D eigenvalue weighted by atomic mass is 32.1. The maximum absolute atomic E-state index is 12.6. The minimum atomic E-state index is -0.467. The normalized spacial score (nSPS) is 16.9. The SMILES string of the molecule is Cc1ccc(N2C(S)=C(C#N)C(=O)NC2c2cccc3ccccc23)cc1C. The minimum absolute atomic E-state index is 0.0121. The topological polar surface area (TPSA) is 56.1 Å². The summed E-state index contributed by atoms with van der Waals surface area (Å²) < 4.78 is 0. The van der Waals surface area contributed by atoms with Gasteiger partial charge in [0.15, 0.2) is 0 Å². The Morgan fingerprint density at radius 2 is 1.79 bits per heavy atom. The molecule has 3 aromatic rings. The summed E-state index contributed by atoms with van der Waals surface area (Å²) in [6, 6.07) is 22.1. The van der Waals surface area contributed by atoms with E-state index in [9.17, 15) is 10.1 Å². The quantitative estimate of drug-likeness (QED) is 0.626. The molecule has 0 aromatic heterocycles. The zero-order valence-corrected chi connectivity index (χ0v) is 16.5. The third-order valence-corrected chi connectivity index (χ3v) is 5.64. The van der Waals surface area contributed by atoms with E-state index >= 15 is 0 Å². The van der Waals surface area contributed by atoms with Crippen molar-refractivity contribution in [2.24, 2.45) is 0 Å². The molecule has 0 spiro atoms. The molecule has 0 saturated heterocycles. The molecule has 1 N–H and O–H groups in total. The molecule has 0 aliphatic carbocycles. The van der Waals surface area contributed by atoms with Gasteiger partial charge in [0.1, 0.15) is 17.8 Å². The lowest BCUT2D eigenvalue weighted by Crippen LogP contribution is -2.46. The van der Waals surface area contributed by atoms with Crippen molar-refractivity contribution in [3.63, 3.8) is 0 Å². The lowest BCUT2D eigenvalue weighted by atomic mass is 9.99. The van der Waals surface area contributed by atoms with Gasteiger partial charge in [0.2, 0.25) is 0 Å². The highest BCUT2D eigenvalue weighted by Gasteiger charge is 2.34. The van der Waals surface area contributed by atoms with E-state index in [0.29, 0.717) is 5.03 Å². The summed E-state index contributed by atoms with van der Waals surface area (Å²) in [6.45, 7) is 4.10. The van der Waals surface area contributed by atoms with Crippen LogP contribution in [0.15, 0.2) is 71.3 Å². The zero-order chi connectivity index (χ0) is 19.8. The number of hydrogen-bond acceptors (Lipinski definition) is 4. The van der Waals surface area contributed by atoms with Gasteiger partial charge in [0.05, 0.1) is 5.03 Å². The lowest BCUT2D eigenvalue weighted by molar-refractivity contribution is -0.118. The van der Waals surface area contributed by atoms with Crippen LogP contribution in [0.2, 0.25) is 0 Å². The fraction of sp³-hybridized carbons (Fsp3) is 0.130. The number of nitriles is 1. The molecular weight excluding hydrogens is 366 g/mol. The number of amides is 1. The second-order valence-corrected chi connectivity index (χ2v) is 7.32. The van der Waals surface area contributed by atoms with E-state index in [1.165, 1.54) is 5.56 Å². The van der Waals surface area contributed by atoms with E-state index in [-0.39, 0.29) is 5.57 Å². The Bertz CT molecular complexity index is 1170. The number of benzene rings is 3. The Balaban J connectivity index is 1.96. The molecule has 3 aromatic carbocycles. The van der Waals surface area contributed by atoms with Crippen molar-refractivity contribution in [3.05, 3.63) is 88.0 Å². The zero-order valence-electron chi connectivity index (χ0n) is 15.6. The molecule has 1 unspecified atom stereocenters. The van der Waals surface area contributed by atoms with Gasteiger partial charge < -0.3 is 10.2 Å². The Kier molecular flexibility index (Phi) is 4.58. The van der Waals surface area contributed by atoms with Crippen LogP contribution in [0.1, 0.15) is 22.9 Å². The maximum Gasteiger partial charge on any atom is 0.266 e. The van der Waals surface area contributed by atoms with Crippen LogP contribution in [-0.2, 0) is 4.79 Å². The van der Waals surface area contributed by atoms with E-state index < -0.39 is 12.1 Å². The van der Waals surface area contributed by atoms with E-state index in [2.05, 4.69) is 30.9 Å². The predicted molar refractivity (Wildman–Crippen MR) is 115 cm³/mol. The molecule has 0 fully saturated rings. The number of fused-ring (bicyclic) bond motifs is 1. The van der Waals surface area contributed by atoms with Crippen LogP contribution in [0.4, 0.5) is 5.69 Å². The largest absolute Gasteiger partial charge is 0.327 e. The summed E-state index contributed by atoms with van der Waals surface area (Å²) >= 11 is 4.59. The number of anilines is 1. The van der Waals surface area contributed by atoms with Gasteiger partial charge in [-0.3, -0.25) is 4.79 Å². The van der Waals surface area contributed by atoms with Gasteiger partial charge in [-0.1, -0.05) is 48.5 Å². The van der Waals surface area contributed by atoms with Crippen molar-refractivity contribution in [1.82, 2.24) is 5.32 Å². The molecule has 4 nitrogen and oxygen atoms in total. The number of nitrogens with zero attached hydrogens (tertiary/aromatic N) is 2. The molecule has 1 heterocycles. The number of thiol groups is 1. The van der Waals surface area contributed by atoms with Gasteiger partial charge in [-0.15, -0.1) is 12.6 Å². The molecule has 0 saturated carbocycles. The minimum Gasteiger partial charge on any atom is -0.327 e. The monoisotopic (exact) mass is 385 g/mol. The molecule has 0 radical (unpaired) electrons. The molecule has 0 bridgehead atoms. The Hall–Kier alpha value is -3.23. The summed E-state index contributed by atoms with van der Waals surface area (Å²) in [4.78, 5) is 14.5. The third kappa shape index (κ3) is 2.92. The second kappa shape index (κ2) is 7.06. The van der Waals surface area contributed by atoms with Crippen LogP contribution in [0, 0.1) is 25.2 Å². The van der Waals surface area contributed by atoms with E-state index in [1.54, 1.807) is 0 Å². The molecule has 1 aliphatic rings. The Labute approximate surface area is 169 Å². The predicted octanol–water partition coefficient (Wildman–Crippen LogP) is 4.76. The Morgan fingerprint density at radius 3 is 2.54 bits per heavy atom. The van der Waals surface area contributed by atoms with Crippen molar-refractivity contribution < 1.29 is 4.79 Å². The smallest absolute Gasteiger partial charge is 0.266 e.